The minimum atomic E-state index is -0.599. The summed E-state index contributed by atoms with van der Waals surface area (Å²) in [6.07, 6.45) is -0.599. The van der Waals surface area contributed by atoms with Crippen molar-refractivity contribution in [1.82, 2.24) is 0 Å². The number of aliphatic hydroxyl groups is 1. The summed E-state index contributed by atoms with van der Waals surface area (Å²) in [7, 11) is 0. The highest BCUT2D eigenvalue weighted by molar-refractivity contribution is 9.10. The van der Waals surface area contributed by atoms with E-state index in [1.807, 2.05) is 25.1 Å². The molecule has 0 spiro atoms. The van der Waals surface area contributed by atoms with Gasteiger partial charge in [0.2, 0.25) is 0 Å². The van der Waals surface area contributed by atoms with E-state index in [-0.39, 0.29) is 13.2 Å². The fourth-order valence-corrected chi connectivity index (χ4v) is 1.50. The second-order valence-corrected chi connectivity index (χ2v) is 4.03. The van der Waals surface area contributed by atoms with E-state index in [9.17, 15) is 5.11 Å². The molecule has 3 N–H and O–H groups in total. The number of hydrogen-bond acceptors (Lipinski definition) is 3. The van der Waals surface area contributed by atoms with Crippen molar-refractivity contribution in [3.8, 4) is 5.75 Å². The number of aryl methyl sites for hydroxylation is 1. The zero-order valence-corrected chi connectivity index (χ0v) is 9.62. The molecule has 1 aromatic carbocycles. The first-order chi connectivity index (χ1) is 6.63. The quantitative estimate of drug-likeness (QED) is 0.861. The maximum Gasteiger partial charge on any atom is 0.122 e. The molecule has 0 aliphatic rings. The molecule has 0 fully saturated rings. The van der Waals surface area contributed by atoms with Crippen molar-refractivity contribution in [2.45, 2.75) is 13.0 Å². The van der Waals surface area contributed by atoms with Gasteiger partial charge in [0.25, 0.3) is 0 Å². The molecular formula is C10H14BrNO2. The van der Waals surface area contributed by atoms with E-state index in [1.165, 1.54) is 0 Å². The predicted octanol–water partition coefficient (Wildman–Crippen LogP) is 1.46. The summed E-state index contributed by atoms with van der Waals surface area (Å²) in [4.78, 5) is 0. The van der Waals surface area contributed by atoms with Crippen molar-refractivity contribution in [2.75, 3.05) is 13.2 Å². The molecule has 1 atom stereocenters. The van der Waals surface area contributed by atoms with E-state index in [1.54, 1.807) is 0 Å². The van der Waals surface area contributed by atoms with Crippen LogP contribution in [0.25, 0.3) is 0 Å². The van der Waals surface area contributed by atoms with E-state index >= 15 is 0 Å². The number of aliphatic hydroxyl groups excluding tert-OH is 1. The maximum absolute atomic E-state index is 9.21. The van der Waals surface area contributed by atoms with Gasteiger partial charge in [-0.3, -0.25) is 0 Å². The summed E-state index contributed by atoms with van der Waals surface area (Å²) in [6, 6.07) is 5.73. The van der Waals surface area contributed by atoms with Crippen molar-refractivity contribution >= 4 is 15.9 Å². The number of hydrogen-bond donors (Lipinski definition) is 2. The van der Waals surface area contributed by atoms with Gasteiger partial charge in [0.15, 0.2) is 0 Å². The van der Waals surface area contributed by atoms with Crippen LogP contribution in [0.15, 0.2) is 22.7 Å². The minimum Gasteiger partial charge on any atom is -0.491 e. The Morgan fingerprint density at radius 3 is 2.86 bits per heavy atom. The molecular weight excluding hydrogens is 246 g/mol. The lowest BCUT2D eigenvalue weighted by atomic mass is 10.2. The van der Waals surface area contributed by atoms with Gasteiger partial charge in [0, 0.05) is 11.0 Å². The van der Waals surface area contributed by atoms with E-state index < -0.39 is 6.10 Å². The lowest BCUT2D eigenvalue weighted by Gasteiger charge is -2.12. The molecule has 1 unspecified atom stereocenters. The van der Waals surface area contributed by atoms with Crippen LogP contribution in [0.4, 0.5) is 0 Å². The third-order valence-corrected chi connectivity index (χ3v) is 2.33. The van der Waals surface area contributed by atoms with Crippen molar-refractivity contribution in [3.05, 3.63) is 28.2 Å². The summed E-state index contributed by atoms with van der Waals surface area (Å²) in [5.74, 6) is 0.778. The van der Waals surface area contributed by atoms with Crippen LogP contribution >= 0.6 is 15.9 Å². The molecule has 0 aliphatic heterocycles. The van der Waals surface area contributed by atoms with E-state index in [2.05, 4.69) is 15.9 Å². The summed E-state index contributed by atoms with van der Waals surface area (Å²) >= 11 is 3.37. The van der Waals surface area contributed by atoms with Gasteiger partial charge in [-0.05, 0) is 30.7 Å². The number of halogens is 1. The molecule has 1 rings (SSSR count). The number of nitrogens with two attached hydrogens (primary N) is 1. The molecule has 14 heavy (non-hydrogen) atoms. The molecule has 78 valence electrons. The Labute approximate surface area is 92.0 Å². The smallest absolute Gasteiger partial charge is 0.122 e. The Bertz CT molecular complexity index is 304. The summed E-state index contributed by atoms with van der Waals surface area (Å²) in [5, 5.41) is 9.21. The lowest BCUT2D eigenvalue weighted by Crippen LogP contribution is -2.26. The monoisotopic (exact) mass is 259 g/mol. The molecule has 0 aromatic heterocycles. The highest BCUT2D eigenvalue weighted by Crippen LogP contribution is 2.22. The fourth-order valence-electron chi connectivity index (χ4n) is 1.03. The summed E-state index contributed by atoms with van der Waals surface area (Å²) in [6.45, 7) is 2.41. The Kier molecular flexibility index (Phi) is 4.38. The van der Waals surface area contributed by atoms with Crippen LogP contribution in [0.1, 0.15) is 5.56 Å². The van der Waals surface area contributed by atoms with E-state index in [0.29, 0.717) is 0 Å². The van der Waals surface area contributed by atoms with Crippen molar-refractivity contribution in [2.24, 2.45) is 5.73 Å². The van der Waals surface area contributed by atoms with Crippen molar-refractivity contribution < 1.29 is 9.84 Å². The standard InChI is InChI=1S/C10H14BrNO2/c1-7-4-8(11)2-3-10(7)14-6-9(13)5-12/h2-4,9,13H,5-6,12H2,1H3. The molecule has 0 heterocycles. The van der Waals surface area contributed by atoms with Gasteiger partial charge < -0.3 is 15.6 Å². The molecule has 0 radical (unpaired) electrons. The van der Waals surface area contributed by atoms with Crippen LogP contribution in [0, 0.1) is 6.92 Å². The van der Waals surface area contributed by atoms with Gasteiger partial charge in [-0.1, -0.05) is 15.9 Å². The van der Waals surface area contributed by atoms with Gasteiger partial charge in [-0.25, -0.2) is 0 Å². The summed E-state index contributed by atoms with van der Waals surface area (Å²) < 4.78 is 6.41. The second kappa shape index (κ2) is 5.34. The molecule has 3 nitrogen and oxygen atoms in total. The average molecular weight is 260 g/mol. The van der Waals surface area contributed by atoms with Crippen LogP contribution < -0.4 is 10.5 Å². The molecule has 0 saturated heterocycles. The SMILES string of the molecule is Cc1cc(Br)ccc1OCC(O)CN. The highest BCUT2D eigenvalue weighted by atomic mass is 79.9. The first-order valence-corrected chi connectivity index (χ1v) is 5.20. The Morgan fingerprint density at radius 1 is 1.57 bits per heavy atom. The second-order valence-electron chi connectivity index (χ2n) is 3.11. The molecule has 0 saturated carbocycles. The van der Waals surface area contributed by atoms with Gasteiger partial charge in [-0.15, -0.1) is 0 Å². The van der Waals surface area contributed by atoms with Gasteiger partial charge in [0.05, 0.1) is 0 Å². The predicted molar refractivity (Wildman–Crippen MR) is 59.4 cm³/mol. The third-order valence-electron chi connectivity index (χ3n) is 1.84. The lowest BCUT2D eigenvalue weighted by molar-refractivity contribution is 0.114. The normalized spacial score (nSPS) is 12.6. The number of rotatable bonds is 4. The first-order valence-electron chi connectivity index (χ1n) is 4.40. The zero-order valence-electron chi connectivity index (χ0n) is 8.03. The number of ether oxygens (including phenoxy) is 1. The third kappa shape index (κ3) is 3.29. The molecule has 4 heteroatoms. The van der Waals surface area contributed by atoms with E-state index in [4.69, 9.17) is 10.5 Å². The van der Waals surface area contributed by atoms with Crippen LogP contribution in [0.3, 0.4) is 0 Å². The minimum absolute atomic E-state index is 0.218. The molecule has 0 bridgehead atoms. The van der Waals surface area contributed by atoms with Crippen molar-refractivity contribution in [3.63, 3.8) is 0 Å². The van der Waals surface area contributed by atoms with Gasteiger partial charge in [-0.2, -0.15) is 0 Å². The van der Waals surface area contributed by atoms with Crippen LogP contribution in [-0.2, 0) is 0 Å². The molecule has 0 amide bonds. The van der Waals surface area contributed by atoms with E-state index in [0.717, 1.165) is 15.8 Å². The average Bonchev–Trinajstić information content (AvgIpc) is 2.16. The molecule has 0 aliphatic carbocycles. The topological polar surface area (TPSA) is 55.5 Å². The fraction of sp³-hybridized carbons (Fsp3) is 0.400. The van der Waals surface area contributed by atoms with Gasteiger partial charge >= 0.3 is 0 Å². The maximum atomic E-state index is 9.21. The Hall–Kier alpha value is -0.580. The van der Waals surface area contributed by atoms with Crippen LogP contribution in [0.5, 0.6) is 5.75 Å². The van der Waals surface area contributed by atoms with Crippen LogP contribution in [0.2, 0.25) is 0 Å². The largest absolute Gasteiger partial charge is 0.491 e. The zero-order chi connectivity index (χ0) is 10.6. The highest BCUT2D eigenvalue weighted by Gasteiger charge is 2.04. The molecule has 1 aromatic rings. The Balaban J connectivity index is 2.59. The first kappa shape index (κ1) is 11.5. The van der Waals surface area contributed by atoms with Crippen molar-refractivity contribution in [1.29, 1.82) is 0 Å². The van der Waals surface area contributed by atoms with Gasteiger partial charge in [0.1, 0.15) is 18.5 Å². The number of benzene rings is 1. The van der Waals surface area contributed by atoms with Crippen LogP contribution in [-0.4, -0.2) is 24.4 Å². The summed E-state index contributed by atoms with van der Waals surface area (Å²) in [5.41, 5.74) is 6.29. The Morgan fingerprint density at radius 2 is 2.29 bits per heavy atom.